The number of ether oxygens (including phenoxy) is 7. The number of nitrogens with zero attached hydrogens (tertiary/aromatic N) is 2. The maximum Gasteiger partial charge on any atom is 0.311 e. The topological polar surface area (TPSA) is 204 Å². The molecular formula is C47H86N2O14. The van der Waals surface area contributed by atoms with Gasteiger partial charge in [0.25, 0.3) is 0 Å². The van der Waals surface area contributed by atoms with E-state index >= 15 is 0 Å². The largest absolute Gasteiger partial charge is 0.459 e. The number of carbonyl (C=O) groups excluding carboxylic acids is 2. The summed E-state index contributed by atoms with van der Waals surface area (Å²) in [4.78, 5) is 34.5. The van der Waals surface area contributed by atoms with Crippen molar-refractivity contribution in [3.8, 4) is 0 Å². The van der Waals surface area contributed by atoms with Gasteiger partial charge < -0.3 is 63.3 Å². The van der Waals surface area contributed by atoms with Crippen LogP contribution in [0.15, 0.2) is 5.16 Å². The van der Waals surface area contributed by atoms with Gasteiger partial charge in [0.05, 0.1) is 47.8 Å². The van der Waals surface area contributed by atoms with Crippen LogP contribution in [-0.2, 0) is 47.6 Å². The third-order valence-electron chi connectivity index (χ3n) is 13.9. The number of cyclic esters (lactones) is 1. The number of hydrogen-bond donors (Lipinski definition) is 4. The molecule has 0 bridgehead atoms. The summed E-state index contributed by atoms with van der Waals surface area (Å²) in [5.41, 5.74) is -4.33. The molecule has 3 heterocycles. The van der Waals surface area contributed by atoms with Gasteiger partial charge in [0.2, 0.25) is 0 Å². The van der Waals surface area contributed by atoms with E-state index in [2.05, 4.69) is 12.1 Å². The standard InChI is InChI=1S/C47H86N2O14/c1-16-18-19-20-21-22-23-57-48-37-27(3)25-45(10,54)41(63-44-38(51)34(49(13)14)24-28(4)58-44)30(6)39(31(7)43(53)61-35(17-2)47(12,55)40(52)29(37)5)62-36-26-46(11,56-15)42(32(8)59-36)60-33(9)50/h27-32,34-36,38-42,44,51-52,54-55H,16-26H2,1-15H3/b48-37+/t27-,28-,29+,30+,31-,32+,34+,35-,36+,38-,39+,40-,41-,42+,44+,45?,46-,47-/m1/s1. The van der Waals surface area contributed by atoms with Crippen molar-refractivity contribution in [3.05, 3.63) is 0 Å². The third kappa shape index (κ3) is 14.3. The average molecular weight is 903 g/mol. The van der Waals surface area contributed by atoms with E-state index in [9.17, 15) is 30.0 Å². The second-order valence-corrected chi connectivity index (χ2v) is 19.8. The van der Waals surface area contributed by atoms with Crippen molar-refractivity contribution in [2.45, 2.75) is 232 Å². The van der Waals surface area contributed by atoms with Gasteiger partial charge in [-0.3, -0.25) is 9.59 Å². The first kappa shape index (κ1) is 55.3. The fourth-order valence-electron chi connectivity index (χ4n) is 10.0. The lowest BCUT2D eigenvalue weighted by atomic mass is 9.73. The van der Waals surface area contributed by atoms with Crippen molar-refractivity contribution in [2.24, 2.45) is 28.8 Å². The molecule has 3 aliphatic rings. The van der Waals surface area contributed by atoms with Crippen LogP contribution >= 0.6 is 0 Å². The van der Waals surface area contributed by atoms with Crippen LogP contribution in [0, 0.1) is 23.7 Å². The van der Waals surface area contributed by atoms with E-state index in [-0.39, 0.29) is 31.4 Å². The van der Waals surface area contributed by atoms with E-state index < -0.39 is 108 Å². The van der Waals surface area contributed by atoms with Crippen LogP contribution in [-0.4, -0.2) is 155 Å². The van der Waals surface area contributed by atoms with E-state index in [0.717, 1.165) is 32.1 Å². The number of rotatable bonds is 16. The van der Waals surface area contributed by atoms with Crippen molar-refractivity contribution in [1.82, 2.24) is 4.90 Å². The molecule has 0 aromatic carbocycles. The Morgan fingerprint density at radius 2 is 1.52 bits per heavy atom. The quantitative estimate of drug-likeness (QED) is 0.0856. The Balaban J connectivity index is 2.20. The van der Waals surface area contributed by atoms with Gasteiger partial charge in [-0.15, -0.1) is 0 Å². The Kier molecular flexibility index (Phi) is 21.2. The number of unbranched alkanes of at least 4 members (excludes halogenated alkanes) is 5. The molecule has 1 unspecified atom stereocenters. The molecule has 16 nitrogen and oxygen atoms in total. The van der Waals surface area contributed by atoms with E-state index in [0.29, 0.717) is 18.7 Å². The second kappa shape index (κ2) is 24.2. The molecule has 0 saturated carbocycles. The van der Waals surface area contributed by atoms with Crippen molar-refractivity contribution >= 4 is 17.7 Å². The smallest absolute Gasteiger partial charge is 0.311 e. The molecule has 4 N–H and O–H groups in total. The molecule has 3 saturated heterocycles. The molecule has 0 aliphatic carbocycles. The summed E-state index contributed by atoms with van der Waals surface area (Å²) in [6.07, 6.45) is -2.80. The van der Waals surface area contributed by atoms with Gasteiger partial charge in [0.1, 0.15) is 30.0 Å². The Bertz CT molecular complexity index is 1450. The van der Waals surface area contributed by atoms with Crippen LogP contribution in [0.5, 0.6) is 0 Å². The van der Waals surface area contributed by atoms with Gasteiger partial charge >= 0.3 is 11.9 Å². The van der Waals surface area contributed by atoms with Gasteiger partial charge in [-0.05, 0) is 87.7 Å². The molecule has 3 fully saturated rings. The average Bonchev–Trinajstić information content (AvgIpc) is 3.20. The minimum atomic E-state index is -1.94. The number of methoxy groups -OCH3 is 1. The third-order valence-corrected chi connectivity index (χ3v) is 13.9. The lowest BCUT2D eigenvalue weighted by molar-refractivity contribution is -0.318. The first-order chi connectivity index (χ1) is 29.4. The Morgan fingerprint density at radius 1 is 0.889 bits per heavy atom. The van der Waals surface area contributed by atoms with Gasteiger partial charge in [0, 0.05) is 44.2 Å². The Hall–Kier alpha value is -1.99. The summed E-state index contributed by atoms with van der Waals surface area (Å²) in [5, 5.41) is 53.3. The zero-order chi connectivity index (χ0) is 47.6. The number of aliphatic hydroxyl groups excluding tert-OH is 2. The van der Waals surface area contributed by atoms with Crippen molar-refractivity contribution in [2.75, 3.05) is 27.8 Å². The lowest BCUT2D eigenvalue weighted by Gasteiger charge is -2.49. The number of likely N-dealkylation sites (N-methyl/N-ethyl adjacent to an activating group) is 1. The maximum atomic E-state index is 14.5. The fraction of sp³-hybridized carbons (Fsp3) is 0.936. The first-order valence-corrected chi connectivity index (χ1v) is 23.6. The molecule has 368 valence electrons. The van der Waals surface area contributed by atoms with Gasteiger partial charge in [-0.1, -0.05) is 65.5 Å². The molecule has 0 spiro atoms. The van der Waals surface area contributed by atoms with E-state index in [4.69, 9.17) is 38.0 Å². The SMILES string of the molecule is CCCCCCCCO/N=C1\[C@H](C)CC(C)(O)[C@H](O[C@@H]2O[C@H](C)C[C@H](N(C)C)[C@H]2O)[C@@H](C)[C@H](O[C@H]2C[C@@](C)(OC)[C@@H](OC(C)=O)[C@H](C)O2)[C@@H](C)C(=O)O[C@H](CC)[C@@](C)(O)[C@H](O)[C@H]1C. The van der Waals surface area contributed by atoms with Crippen LogP contribution < -0.4 is 0 Å². The molecule has 0 aromatic rings. The predicted octanol–water partition coefficient (Wildman–Crippen LogP) is 5.52. The van der Waals surface area contributed by atoms with E-state index in [1.165, 1.54) is 27.4 Å². The van der Waals surface area contributed by atoms with E-state index in [1.807, 2.05) is 32.8 Å². The highest BCUT2D eigenvalue weighted by molar-refractivity contribution is 5.88. The normalized spacial score (nSPS) is 43.0. The van der Waals surface area contributed by atoms with Crippen LogP contribution in [0.1, 0.15) is 147 Å². The molecule has 0 amide bonds. The Morgan fingerprint density at radius 3 is 2.11 bits per heavy atom. The summed E-state index contributed by atoms with van der Waals surface area (Å²) in [6, 6.07) is -0.324. The summed E-state index contributed by atoms with van der Waals surface area (Å²) in [7, 11) is 5.26. The molecule has 16 heteroatoms. The molecule has 0 radical (unpaired) electrons. The Labute approximate surface area is 378 Å². The summed E-state index contributed by atoms with van der Waals surface area (Å²) >= 11 is 0. The van der Waals surface area contributed by atoms with E-state index in [1.54, 1.807) is 48.5 Å². The number of carbonyl (C=O) groups is 2. The fourth-order valence-corrected chi connectivity index (χ4v) is 10.0. The highest BCUT2D eigenvalue weighted by Crippen LogP contribution is 2.41. The van der Waals surface area contributed by atoms with Gasteiger partial charge in [-0.25, -0.2) is 0 Å². The predicted molar refractivity (Wildman–Crippen MR) is 238 cm³/mol. The zero-order valence-corrected chi connectivity index (χ0v) is 41.2. The number of aliphatic hydroxyl groups is 4. The highest BCUT2D eigenvalue weighted by Gasteiger charge is 2.54. The van der Waals surface area contributed by atoms with Gasteiger partial charge in [0.15, 0.2) is 18.7 Å². The highest BCUT2D eigenvalue weighted by atomic mass is 16.7. The summed E-state index contributed by atoms with van der Waals surface area (Å²) in [5.74, 6) is -4.50. The molecule has 0 aromatic heterocycles. The zero-order valence-electron chi connectivity index (χ0n) is 41.2. The van der Waals surface area contributed by atoms with Gasteiger partial charge in [-0.2, -0.15) is 0 Å². The number of hydrogen-bond acceptors (Lipinski definition) is 16. The molecule has 3 aliphatic heterocycles. The summed E-state index contributed by atoms with van der Waals surface area (Å²) in [6.45, 7) is 21.2. The molecular weight excluding hydrogens is 817 g/mol. The lowest BCUT2D eigenvalue weighted by Crippen LogP contribution is -2.61. The van der Waals surface area contributed by atoms with Crippen LogP contribution in [0.2, 0.25) is 0 Å². The molecule has 3 rings (SSSR count). The van der Waals surface area contributed by atoms with Crippen LogP contribution in [0.25, 0.3) is 0 Å². The monoisotopic (exact) mass is 903 g/mol. The van der Waals surface area contributed by atoms with Crippen LogP contribution in [0.4, 0.5) is 0 Å². The molecule has 18 atom stereocenters. The first-order valence-electron chi connectivity index (χ1n) is 23.6. The minimum Gasteiger partial charge on any atom is -0.459 e. The van der Waals surface area contributed by atoms with Crippen LogP contribution in [0.3, 0.4) is 0 Å². The van der Waals surface area contributed by atoms with Crippen molar-refractivity contribution in [3.63, 3.8) is 0 Å². The van der Waals surface area contributed by atoms with Crippen molar-refractivity contribution in [1.29, 1.82) is 0 Å². The minimum absolute atomic E-state index is 0.0153. The number of oxime groups is 1. The van der Waals surface area contributed by atoms with Crippen molar-refractivity contribution < 1.29 is 68.0 Å². The number of esters is 2. The second-order valence-electron chi connectivity index (χ2n) is 19.8. The summed E-state index contributed by atoms with van der Waals surface area (Å²) < 4.78 is 44.0. The molecule has 63 heavy (non-hydrogen) atoms. The maximum absolute atomic E-state index is 14.5.